The Kier molecular flexibility index (Phi) is 7.19. The number of hydrogen-bond donors (Lipinski definition) is 2. The molecule has 3 unspecified atom stereocenters. The van der Waals surface area contributed by atoms with E-state index < -0.39 is 12.1 Å². The van der Waals surface area contributed by atoms with Crippen LogP contribution in [-0.4, -0.2) is 57.8 Å². The maximum atomic E-state index is 11.6. The summed E-state index contributed by atoms with van der Waals surface area (Å²) < 4.78 is 32.6. The van der Waals surface area contributed by atoms with Crippen LogP contribution in [0.3, 0.4) is 0 Å². The summed E-state index contributed by atoms with van der Waals surface area (Å²) in [5.74, 6) is -0.0849. The van der Waals surface area contributed by atoms with Crippen molar-refractivity contribution in [2.75, 3.05) is 41.7 Å². The van der Waals surface area contributed by atoms with Crippen molar-refractivity contribution in [3.8, 4) is 34.5 Å². The van der Waals surface area contributed by atoms with Crippen molar-refractivity contribution >= 4 is 5.97 Å². The molecule has 3 atom stereocenters. The predicted octanol–water partition coefficient (Wildman–Crippen LogP) is 3.17. The van der Waals surface area contributed by atoms with Crippen LogP contribution < -0.4 is 18.9 Å². The first kappa shape index (κ1) is 23.3. The van der Waals surface area contributed by atoms with Gasteiger partial charge in [0, 0.05) is 18.8 Å². The number of phenolic OH excluding ortho intramolecular Hbond substituents is 2. The van der Waals surface area contributed by atoms with Crippen LogP contribution in [0.2, 0.25) is 0 Å². The van der Waals surface area contributed by atoms with Crippen LogP contribution in [0, 0.1) is 5.92 Å². The maximum absolute atomic E-state index is 11.6. The topological polar surface area (TPSA) is 113 Å². The highest BCUT2D eigenvalue weighted by Gasteiger charge is 2.41. The molecule has 2 N–H and O–H groups in total. The molecule has 0 bridgehead atoms. The lowest BCUT2D eigenvalue weighted by Crippen LogP contribution is -2.21. The second kappa shape index (κ2) is 9.86. The second-order valence-electron chi connectivity index (χ2n) is 7.37. The fourth-order valence-corrected chi connectivity index (χ4v) is 3.98. The summed E-state index contributed by atoms with van der Waals surface area (Å²) in [6, 6.07) is 6.77. The van der Waals surface area contributed by atoms with Gasteiger partial charge in [0.05, 0.1) is 47.8 Å². The summed E-state index contributed by atoms with van der Waals surface area (Å²) in [6.45, 7) is 1.76. The third-order valence-corrected chi connectivity index (χ3v) is 5.60. The zero-order chi connectivity index (χ0) is 23.4. The molecule has 1 aliphatic heterocycles. The first-order valence-corrected chi connectivity index (χ1v) is 9.99. The van der Waals surface area contributed by atoms with E-state index in [1.165, 1.54) is 35.4 Å². The number of rotatable bonds is 8. The van der Waals surface area contributed by atoms with Crippen LogP contribution in [0.25, 0.3) is 0 Å². The molecule has 0 aromatic heterocycles. The van der Waals surface area contributed by atoms with E-state index in [0.717, 1.165) is 5.56 Å². The van der Waals surface area contributed by atoms with Crippen molar-refractivity contribution in [3.63, 3.8) is 0 Å². The Balaban J connectivity index is 2.05. The van der Waals surface area contributed by atoms with E-state index in [1.54, 1.807) is 24.3 Å². The molecule has 0 radical (unpaired) electrons. The Morgan fingerprint density at radius 2 is 1.31 bits per heavy atom. The average Bonchev–Trinajstić information content (AvgIpc) is 3.21. The molecule has 9 heteroatoms. The van der Waals surface area contributed by atoms with E-state index >= 15 is 0 Å². The molecule has 0 spiro atoms. The fraction of sp³-hybridized carbons (Fsp3) is 0.435. The highest BCUT2D eigenvalue weighted by Crippen LogP contribution is 2.49. The van der Waals surface area contributed by atoms with Gasteiger partial charge in [0.1, 0.15) is 0 Å². The van der Waals surface area contributed by atoms with Gasteiger partial charge in [-0.05, 0) is 35.4 Å². The fourth-order valence-electron chi connectivity index (χ4n) is 3.98. The third kappa shape index (κ3) is 4.47. The van der Waals surface area contributed by atoms with E-state index in [2.05, 4.69) is 0 Å². The van der Waals surface area contributed by atoms with Crippen LogP contribution in [-0.2, 0) is 14.3 Å². The van der Waals surface area contributed by atoms with E-state index in [9.17, 15) is 15.0 Å². The summed E-state index contributed by atoms with van der Waals surface area (Å²) in [6.07, 6.45) is -0.478. The zero-order valence-electron chi connectivity index (χ0n) is 18.7. The van der Waals surface area contributed by atoms with Crippen molar-refractivity contribution in [2.45, 2.75) is 18.9 Å². The van der Waals surface area contributed by atoms with Crippen LogP contribution in [0.1, 0.15) is 30.1 Å². The summed E-state index contributed by atoms with van der Waals surface area (Å²) in [5.41, 5.74) is 1.50. The normalized spacial score (nSPS) is 20.0. The molecule has 32 heavy (non-hydrogen) atoms. The first-order chi connectivity index (χ1) is 15.3. The van der Waals surface area contributed by atoms with Gasteiger partial charge in [-0.25, -0.2) is 0 Å². The molecule has 0 aliphatic carbocycles. The van der Waals surface area contributed by atoms with E-state index in [1.807, 2.05) is 0 Å². The van der Waals surface area contributed by atoms with Gasteiger partial charge in [0.15, 0.2) is 23.0 Å². The lowest BCUT2D eigenvalue weighted by molar-refractivity contribution is -0.143. The molecule has 3 rings (SSSR count). The average molecular weight is 448 g/mol. The Hall–Kier alpha value is -3.33. The lowest BCUT2D eigenvalue weighted by atomic mass is 9.83. The smallest absolute Gasteiger partial charge is 0.302 e. The minimum Gasteiger partial charge on any atom is -0.502 e. The van der Waals surface area contributed by atoms with Crippen LogP contribution in [0.15, 0.2) is 24.3 Å². The minimum atomic E-state index is -0.478. The quantitative estimate of drug-likeness (QED) is 0.588. The molecule has 1 fully saturated rings. The van der Waals surface area contributed by atoms with Crippen LogP contribution in [0.5, 0.6) is 34.5 Å². The van der Waals surface area contributed by atoms with Crippen LogP contribution >= 0.6 is 0 Å². The number of benzene rings is 2. The van der Waals surface area contributed by atoms with Gasteiger partial charge in [0.2, 0.25) is 11.5 Å². The van der Waals surface area contributed by atoms with Crippen molar-refractivity contribution in [1.29, 1.82) is 0 Å². The van der Waals surface area contributed by atoms with Crippen molar-refractivity contribution in [3.05, 3.63) is 35.4 Å². The van der Waals surface area contributed by atoms with Gasteiger partial charge in [-0.1, -0.05) is 0 Å². The van der Waals surface area contributed by atoms with Gasteiger partial charge in [-0.2, -0.15) is 0 Å². The number of phenols is 2. The number of hydrogen-bond acceptors (Lipinski definition) is 9. The van der Waals surface area contributed by atoms with Gasteiger partial charge in [-0.3, -0.25) is 4.79 Å². The minimum absolute atomic E-state index is 0.0984. The second-order valence-corrected chi connectivity index (χ2v) is 7.37. The summed E-state index contributed by atoms with van der Waals surface area (Å²) in [7, 11) is 5.80. The number of ether oxygens (including phenoxy) is 6. The number of aromatic hydroxyl groups is 2. The molecule has 0 amide bonds. The molecule has 2 aromatic carbocycles. The van der Waals surface area contributed by atoms with E-state index in [0.29, 0.717) is 12.2 Å². The molecule has 174 valence electrons. The molecule has 0 saturated carbocycles. The number of esters is 1. The molecule has 9 nitrogen and oxygen atoms in total. The third-order valence-electron chi connectivity index (χ3n) is 5.60. The zero-order valence-corrected chi connectivity index (χ0v) is 18.7. The molecule has 1 saturated heterocycles. The highest BCUT2D eigenvalue weighted by molar-refractivity contribution is 5.66. The molecule has 2 aromatic rings. The predicted molar refractivity (Wildman–Crippen MR) is 114 cm³/mol. The molecule has 1 aliphatic rings. The van der Waals surface area contributed by atoms with Crippen LogP contribution in [0.4, 0.5) is 0 Å². The Bertz CT molecular complexity index is 852. The Morgan fingerprint density at radius 1 is 0.875 bits per heavy atom. The summed E-state index contributed by atoms with van der Waals surface area (Å²) >= 11 is 0. The Labute approximate surface area is 186 Å². The monoisotopic (exact) mass is 448 g/mol. The molecular formula is C23H28O9. The van der Waals surface area contributed by atoms with Gasteiger partial charge in [-0.15, -0.1) is 0 Å². The number of carbonyl (C=O) groups is 1. The molecular weight excluding hydrogens is 420 g/mol. The maximum Gasteiger partial charge on any atom is 0.302 e. The number of carbonyl (C=O) groups excluding carboxylic acids is 1. The lowest BCUT2D eigenvalue weighted by Gasteiger charge is -2.24. The highest BCUT2D eigenvalue weighted by atomic mass is 16.5. The van der Waals surface area contributed by atoms with Gasteiger partial charge >= 0.3 is 5.97 Å². The van der Waals surface area contributed by atoms with Crippen molar-refractivity contribution in [2.24, 2.45) is 5.92 Å². The van der Waals surface area contributed by atoms with Crippen molar-refractivity contribution in [1.82, 2.24) is 0 Å². The largest absolute Gasteiger partial charge is 0.502 e. The Morgan fingerprint density at radius 3 is 1.72 bits per heavy atom. The van der Waals surface area contributed by atoms with E-state index in [-0.39, 0.29) is 52.9 Å². The number of methoxy groups -OCH3 is 4. The van der Waals surface area contributed by atoms with Crippen molar-refractivity contribution < 1.29 is 43.4 Å². The first-order valence-electron chi connectivity index (χ1n) is 9.99. The standard InChI is InChI=1S/C23H28O9/c1-12(24)31-11-16-15(13-6-17(27-2)21(25)18(7-13)28-3)10-32-23(16)14-8-19(29-4)22(26)20(9-14)30-5/h6-9,15-16,23,25-26H,10-11H2,1-5H3. The van der Waals surface area contributed by atoms with Gasteiger partial charge < -0.3 is 38.6 Å². The molecule has 1 heterocycles. The van der Waals surface area contributed by atoms with E-state index in [4.69, 9.17) is 28.4 Å². The SMILES string of the molecule is COc1cc(C2COC(c3cc(OC)c(O)c(OC)c3)C2COC(C)=O)cc(OC)c1O. The summed E-state index contributed by atoms with van der Waals surface area (Å²) in [4.78, 5) is 11.6. The summed E-state index contributed by atoms with van der Waals surface area (Å²) in [5, 5.41) is 20.5. The van der Waals surface area contributed by atoms with Gasteiger partial charge in [0.25, 0.3) is 0 Å².